The summed E-state index contributed by atoms with van der Waals surface area (Å²) in [6, 6.07) is 1.55. The van der Waals surface area contributed by atoms with E-state index in [0.29, 0.717) is 11.4 Å². The number of pyridine rings is 1. The molecule has 122 valence electrons. The van der Waals surface area contributed by atoms with Gasteiger partial charge in [-0.15, -0.1) is 0 Å². The molecule has 0 aliphatic carbocycles. The molecule has 0 saturated heterocycles. The van der Waals surface area contributed by atoms with Gasteiger partial charge in [-0.1, -0.05) is 6.92 Å². The lowest BCUT2D eigenvalue weighted by Crippen LogP contribution is -2.27. The largest absolute Gasteiger partial charge is 0.455 e. The Hall–Kier alpha value is -1.76. The van der Waals surface area contributed by atoms with Crippen molar-refractivity contribution in [2.75, 3.05) is 17.7 Å². The van der Waals surface area contributed by atoms with Gasteiger partial charge >= 0.3 is 5.97 Å². The molecule has 7 heteroatoms. The van der Waals surface area contributed by atoms with Crippen LogP contribution in [0.3, 0.4) is 0 Å². The number of nitrogens with zero attached hydrogens (tertiary/aromatic N) is 2. The third kappa shape index (κ3) is 4.62. The Morgan fingerprint density at radius 2 is 1.95 bits per heavy atom. The van der Waals surface area contributed by atoms with Crippen LogP contribution in [0.5, 0.6) is 0 Å². The fourth-order valence-corrected chi connectivity index (χ4v) is 2.52. The number of amides is 1. The number of carbonyl (C=O) groups excluding carboxylic acids is 2. The van der Waals surface area contributed by atoms with Crippen molar-refractivity contribution < 1.29 is 18.5 Å². The number of rotatable bonds is 4. The number of hydrogen-bond donors (Lipinski definition) is 0. The molecule has 1 unspecified atom stereocenters. The van der Waals surface area contributed by atoms with Crippen molar-refractivity contribution in [1.29, 1.82) is 0 Å². The molecule has 0 fully saturated rings. The lowest BCUT2D eigenvalue weighted by molar-refractivity contribution is -0.116. The molecule has 6 nitrogen and oxygen atoms in total. The van der Waals surface area contributed by atoms with Gasteiger partial charge in [0.25, 0.3) is 0 Å². The minimum Gasteiger partial charge on any atom is -0.455 e. The van der Waals surface area contributed by atoms with Crippen molar-refractivity contribution in [3.63, 3.8) is 0 Å². The molecule has 0 aliphatic rings. The van der Waals surface area contributed by atoms with Crippen molar-refractivity contribution in [3.05, 3.63) is 18.0 Å². The van der Waals surface area contributed by atoms with Crippen LogP contribution in [0.1, 0.15) is 45.1 Å². The normalized spacial score (nSPS) is 12.6. The van der Waals surface area contributed by atoms with Gasteiger partial charge in [-0.2, -0.15) is 0 Å². The Morgan fingerprint density at radius 3 is 2.41 bits per heavy atom. The van der Waals surface area contributed by atoms with E-state index in [1.54, 1.807) is 40.8 Å². The zero-order valence-corrected chi connectivity index (χ0v) is 14.6. The van der Waals surface area contributed by atoms with Gasteiger partial charge in [0, 0.05) is 19.7 Å². The number of anilines is 1. The fourth-order valence-electron chi connectivity index (χ4n) is 1.61. The highest BCUT2D eigenvalue weighted by Gasteiger charge is 2.24. The van der Waals surface area contributed by atoms with Crippen LogP contribution in [-0.2, 0) is 20.3 Å². The molecule has 1 aromatic rings. The number of hydrogen-bond acceptors (Lipinski definition) is 5. The van der Waals surface area contributed by atoms with Crippen LogP contribution in [-0.4, -0.2) is 39.5 Å². The molecule has 1 amide bonds. The van der Waals surface area contributed by atoms with Gasteiger partial charge in [0.2, 0.25) is 5.91 Å². The summed E-state index contributed by atoms with van der Waals surface area (Å²) in [5.41, 5.74) is -0.161. The molecule has 1 atom stereocenters. The highest BCUT2D eigenvalue weighted by molar-refractivity contribution is 7.85. The van der Waals surface area contributed by atoms with E-state index in [1.807, 2.05) is 0 Å². The SMILES string of the molecule is CCS(=O)c1cc(N(C)C(C)=O)cnc1C(=O)OC(C)(C)C. The number of ether oxygens (including phenoxy) is 1. The maximum Gasteiger partial charge on any atom is 0.358 e. The first-order chi connectivity index (χ1) is 10.1. The van der Waals surface area contributed by atoms with Crippen LogP contribution >= 0.6 is 0 Å². The Bertz CT molecular complexity index is 608. The molecule has 0 spiro atoms. The smallest absolute Gasteiger partial charge is 0.358 e. The highest BCUT2D eigenvalue weighted by atomic mass is 32.2. The zero-order valence-electron chi connectivity index (χ0n) is 13.8. The van der Waals surface area contributed by atoms with Crippen LogP contribution < -0.4 is 4.90 Å². The summed E-state index contributed by atoms with van der Waals surface area (Å²) < 4.78 is 17.5. The van der Waals surface area contributed by atoms with Crippen LogP contribution in [0.25, 0.3) is 0 Å². The third-order valence-electron chi connectivity index (χ3n) is 2.80. The Balaban J connectivity index is 3.31. The number of carbonyl (C=O) groups is 2. The minimum atomic E-state index is -1.39. The van der Waals surface area contributed by atoms with E-state index < -0.39 is 22.4 Å². The first kappa shape index (κ1) is 18.3. The summed E-state index contributed by atoms with van der Waals surface area (Å²) >= 11 is 0. The fraction of sp³-hybridized carbons (Fsp3) is 0.533. The van der Waals surface area contributed by atoms with Crippen molar-refractivity contribution in [1.82, 2.24) is 4.98 Å². The summed E-state index contributed by atoms with van der Waals surface area (Å²) in [6.07, 6.45) is 1.40. The van der Waals surface area contributed by atoms with Gasteiger partial charge < -0.3 is 9.64 Å². The summed E-state index contributed by atoms with van der Waals surface area (Å²) in [5.74, 6) is -0.466. The molecular formula is C15H22N2O4S. The molecule has 0 aliphatic heterocycles. The first-order valence-corrected chi connectivity index (χ1v) is 8.24. The van der Waals surface area contributed by atoms with E-state index in [2.05, 4.69) is 4.98 Å². The molecule has 22 heavy (non-hydrogen) atoms. The topological polar surface area (TPSA) is 76.6 Å². The zero-order chi connectivity index (χ0) is 17.1. The predicted octanol–water partition coefficient (Wildman–Crippen LogP) is 2.15. The Labute approximate surface area is 133 Å². The van der Waals surface area contributed by atoms with Gasteiger partial charge in [0.1, 0.15) is 5.60 Å². The van der Waals surface area contributed by atoms with Gasteiger partial charge in [-0.3, -0.25) is 9.00 Å². The van der Waals surface area contributed by atoms with Crippen molar-refractivity contribution in [2.24, 2.45) is 0 Å². The molecule has 1 heterocycles. The molecule has 0 N–H and O–H groups in total. The Morgan fingerprint density at radius 1 is 1.36 bits per heavy atom. The van der Waals surface area contributed by atoms with E-state index in [1.165, 1.54) is 18.0 Å². The molecule has 0 aromatic carbocycles. The van der Waals surface area contributed by atoms with E-state index in [4.69, 9.17) is 4.74 Å². The third-order valence-corrected chi connectivity index (χ3v) is 4.12. The summed E-state index contributed by atoms with van der Waals surface area (Å²) in [6.45, 7) is 8.41. The lowest BCUT2D eigenvalue weighted by Gasteiger charge is -2.21. The summed E-state index contributed by atoms with van der Waals surface area (Å²) in [4.78, 5) is 29.4. The second kappa shape index (κ2) is 7.00. The second-order valence-electron chi connectivity index (χ2n) is 5.75. The van der Waals surface area contributed by atoms with Crippen LogP contribution in [0.4, 0.5) is 5.69 Å². The Kier molecular flexibility index (Phi) is 5.82. The standard InChI is InChI=1S/C15H22N2O4S/c1-7-22(20)12-8-11(17(6)10(2)18)9-16-13(12)14(19)21-15(3,4)5/h8-9H,7H2,1-6H3. The van der Waals surface area contributed by atoms with Crippen LogP contribution in [0.15, 0.2) is 17.2 Å². The molecule has 1 rings (SSSR count). The quantitative estimate of drug-likeness (QED) is 0.792. The van der Waals surface area contributed by atoms with E-state index in [0.717, 1.165) is 0 Å². The van der Waals surface area contributed by atoms with E-state index >= 15 is 0 Å². The average molecular weight is 326 g/mol. The van der Waals surface area contributed by atoms with Gasteiger partial charge in [0.05, 0.1) is 27.6 Å². The lowest BCUT2D eigenvalue weighted by atomic mass is 10.2. The van der Waals surface area contributed by atoms with Crippen molar-refractivity contribution in [2.45, 2.75) is 45.1 Å². The summed E-state index contributed by atoms with van der Waals surface area (Å²) in [7, 11) is 0.196. The summed E-state index contributed by atoms with van der Waals surface area (Å²) in [5, 5.41) is 0. The van der Waals surface area contributed by atoms with Crippen LogP contribution in [0.2, 0.25) is 0 Å². The van der Waals surface area contributed by atoms with Gasteiger partial charge in [-0.05, 0) is 26.8 Å². The minimum absolute atomic E-state index is 0.0239. The number of aromatic nitrogens is 1. The molecule has 0 radical (unpaired) electrons. The average Bonchev–Trinajstić information content (AvgIpc) is 2.42. The van der Waals surface area contributed by atoms with Gasteiger partial charge in [-0.25, -0.2) is 9.78 Å². The maximum absolute atomic E-state index is 12.2. The maximum atomic E-state index is 12.2. The van der Waals surface area contributed by atoms with Crippen molar-refractivity contribution in [3.8, 4) is 0 Å². The number of esters is 1. The molecular weight excluding hydrogens is 304 g/mol. The predicted molar refractivity (Wildman–Crippen MR) is 85.4 cm³/mol. The van der Waals surface area contributed by atoms with Crippen LogP contribution in [0, 0.1) is 0 Å². The van der Waals surface area contributed by atoms with Gasteiger partial charge in [0.15, 0.2) is 5.69 Å². The van der Waals surface area contributed by atoms with E-state index in [9.17, 15) is 13.8 Å². The first-order valence-electron chi connectivity index (χ1n) is 6.93. The highest BCUT2D eigenvalue weighted by Crippen LogP contribution is 2.22. The molecule has 0 saturated carbocycles. The molecule has 0 bridgehead atoms. The van der Waals surface area contributed by atoms with E-state index in [-0.39, 0.29) is 16.5 Å². The second-order valence-corrected chi connectivity index (χ2v) is 7.46. The molecule has 1 aromatic heterocycles. The van der Waals surface area contributed by atoms with Crippen molar-refractivity contribution >= 4 is 28.4 Å². The monoisotopic (exact) mass is 326 g/mol.